The summed E-state index contributed by atoms with van der Waals surface area (Å²) in [6, 6.07) is 17.8. The molecule has 1 fully saturated rings. The highest BCUT2D eigenvalue weighted by Gasteiger charge is 2.22. The fourth-order valence-electron chi connectivity index (χ4n) is 3.94. The molecule has 1 amide bonds. The zero-order valence-corrected chi connectivity index (χ0v) is 17.2. The van der Waals surface area contributed by atoms with Crippen LogP contribution in [-0.2, 0) is 11.2 Å². The highest BCUT2D eigenvalue weighted by molar-refractivity contribution is 5.76. The van der Waals surface area contributed by atoms with E-state index in [9.17, 15) is 4.79 Å². The molecule has 1 aromatic carbocycles. The van der Waals surface area contributed by atoms with Crippen LogP contribution < -0.4 is 4.90 Å². The first kappa shape index (κ1) is 19.3. The van der Waals surface area contributed by atoms with Crippen LogP contribution in [0.5, 0.6) is 0 Å². The maximum atomic E-state index is 12.6. The van der Waals surface area contributed by atoms with Crippen molar-refractivity contribution >= 4 is 17.4 Å². The molecule has 1 aliphatic heterocycles. The molecule has 4 aromatic rings. The molecule has 0 bridgehead atoms. The molecular formula is C23H24N6O2. The molecule has 8 heteroatoms. The second-order valence-electron chi connectivity index (χ2n) is 7.67. The first-order valence-corrected chi connectivity index (χ1v) is 10.6. The molecule has 1 aliphatic rings. The zero-order valence-electron chi connectivity index (χ0n) is 17.2. The third kappa shape index (κ3) is 4.14. The molecule has 0 aliphatic carbocycles. The van der Waals surface area contributed by atoms with E-state index in [1.54, 1.807) is 10.8 Å². The molecule has 0 unspecified atom stereocenters. The van der Waals surface area contributed by atoms with Gasteiger partial charge in [0.15, 0.2) is 11.4 Å². The number of anilines is 1. The van der Waals surface area contributed by atoms with Crippen molar-refractivity contribution in [2.24, 2.45) is 0 Å². The lowest BCUT2D eigenvalue weighted by Gasteiger charge is -2.35. The number of aryl methyl sites for hydroxylation is 1. The Bertz CT molecular complexity index is 1150. The second kappa shape index (κ2) is 8.59. The van der Waals surface area contributed by atoms with E-state index in [0.717, 1.165) is 31.7 Å². The first-order chi connectivity index (χ1) is 15.3. The van der Waals surface area contributed by atoms with Crippen molar-refractivity contribution in [2.45, 2.75) is 19.3 Å². The Morgan fingerprint density at radius 2 is 1.77 bits per heavy atom. The SMILES string of the molecule is O=C(CCCc1ccccc1)N1CCN(c2ccc3nnc(-c4ccco4)n3n2)CC1. The summed E-state index contributed by atoms with van der Waals surface area (Å²) in [6.45, 7) is 2.91. The Kier molecular flexibility index (Phi) is 5.35. The number of rotatable bonds is 6. The Morgan fingerprint density at radius 3 is 2.55 bits per heavy atom. The number of carbonyl (C=O) groups is 1. The molecule has 5 rings (SSSR count). The van der Waals surface area contributed by atoms with Crippen LogP contribution in [0.15, 0.2) is 65.3 Å². The van der Waals surface area contributed by atoms with Crippen LogP contribution in [-0.4, -0.2) is 56.8 Å². The highest BCUT2D eigenvalue weighted by Crippen LogP contribution is 2.21. The van der Waals surface area contributed by atoms with Crippen molar-refractivity contribution in [3.63, 3.8) is 0 Å². The first-order valence-electron chi connectivity index (χ1n) is 10.6. The summed E-state index contributed by atoms with van der Waals surface area (Å²) in [5, 5.41) is 13.1. The standard InChI is InChI=1S/C23H24N6O2/c30-22(10-4-8-18-6-2-1-3-7-18)28-15-13-27(14-16-28)21-12-11-20-24-25-23(29(20)26-21)19-9-5-17-31-19/h1-3,5-7,9,11-12,17H,4,8,10,13-16H2. The number of hydrogen-bond donors (Lipinski definition) is 0. The average molecular weight is 416 g/mol. The third-order valence-electron chi connectivity index (χ3n) is 5.65. The summed E-state index contributed by atoms with van der Waals surface area (Å²) < 4.78 is 7.15. The topological polar surface area (TPSA) is 79.8 Å². The van der Waals surface area contributed by atoms with E-state index in [1.165, 1.54) is 5.56 Å². The van der Waals surface area contributed by atoms with E-state index in [2.05, 4.69) is 27.2 Å². The predicted molar refractivity (Wildman–Crippen MR) is 117 cm³/mol. The van der Waals surface area contributed by atoms with Gasteiger partial charge in [-0.05, 0) is 42.7 Å². The zero-order chi connectivity index (χ0) is 21.0. The van der Waals surface area contributed by atoms with Gasteiger partial charge in [-0.3, -0.25) is 4.79 Å². The maximum Gasteiger partial charge on any atom is 0.222 e. The number of hydrogen-bond acceptors (Lipinski definition) is 6. The summed E-state index contributed by atoms with van der Waals surface area (Å²) in [6.07, 6.45) is 4.01. The Labute approximate surface area is 180 Å². The minimum Gasteiger partial charge on any atom is -0.461 e. The van der Waals surface area contributed by atoms with Gasteiger partial charge in [-0.2, -0.15) is 4.52 Å². The number of fused-ring (bicyclic) bond motifs is 1. The van der Waals surface area contributed by atoms with Gasteiger partial charge in [0.2, 0.25) is 11.7 Å². The van der Waals surface area contributed by atoms with Crippen molar-refractivity contribution in [1.82, 2.24) is 24.7 Å². The van der Waals surface area contributed by atoms with E-state index in [-0.39, 0.29) is 5.91 Å². The monoisotopic (exact) mass is 416 g/mol. The molecule has 31 heavy (non-hydrogen) atoms. The molecule has 0 saturated carbocycles. The number of aromatic nitrogens is 4. The van der Waals surface area contributed by atoms with Gasteiger partial charge in [-0.25, -0.2) is 0 Å². The van der Waals surface area contributed by atoms with E-state index in [4.69, 9.17) is 9.52 Å². The molecular weight excluding hydrogens is 392 g/mol. The largest absolute Gasteiger partial charge is 0.461 e. The van der Waals surface area contributed by atoms with Gasteiger partial charge in [-0.15, -0.1) is 15.3 Å². The van der Waals surface area contributed by atoms with Gasteiger partial charge in [0, 0.05) is 32.6 Å². The van der Waals surface area contributed by atoms with Crippen LogP contribution in [0.25, 0.3) is 17.2 Å². The number of benzene rings is 1. The summed E-state index contributed by atoms with van der Waals surface area (Å²) in [4.78, 5) is 16.8. The maximum absolute atomic E-state index is 12.6. The molecule has 4 heterocycles. The molecule has 0 N–H and O–H groups in total. The van der Waals surface area contributed by atoms with Crippen molar-refractivity contribution in [3.8, 4) is 11.6 Å². The van der Waals surface area contributed by atoms with E-state index in [0.29, 0.717) is 36.7 Å². The Morgan fingerprint density at radius 1 is 0.935 bits per heavy atom. The lowest BCUT2D eigenvalue weighted by atomic mass is 10.1. The van der Waals surface area contributed by atoms with Gasteiger partial charge in [0.25, 0.3) is 0 Å². The summed E-state index contributed by atoms with van der Waals surface area (Å²) in [7, 11) is 0. The Hall–Kier alpha value is -3.68. The number of piperazine rings is 1. The van der Waals surface area contributed by atoms with Gasteiger partial charge in [0.05, 0.1) is 6.26 Å². The highest BCUT2D eigenvalue weighted by atomic mass is 16.3. The Balaban J connectivity index is 1.19. The quantitative estimate of drug-likeness (QED) is 0.481. The molecule has 0 spiro atoms. The lowest BCUT2D eigenvalue weighted by Crippen LogP contribution is -2.49. The van der Waals surface area contributed by atoms with Crippen LogP contribution >= 0.6 is 0 Å². The van der Waals surface area contributed by atoms with Gasteiger partial charge < -0.3 is 14.2 Å². The number of furan rings is 1. The van der Waals surface area contributed by atoms with Crippen molar-refractivity contribution in [1.29, 1.82) is 0 Å². The van der Waals surface area contributed by atoms with Crippen LogP contribution in [0.1, 0.15) is 18.4 Å². The summed E-state index contributed by atoms with van der Waals surface area (Å²) in [5.74, 6) is 2.28. The smallest absolute Gasteiger partial charge is 0.222 e. The van der Waals surface area contributed by atoms with Crippen LogP contribution in [0.4, 0.5) is 5.82 Å². The van der Waals surface area contributed by atoms with Gasteiger partial charge >= 0.3 is 0 Å². The number of carbonyl (C=O) groups excluding carboxylic acids is 1. The molecule has 1 saturated heterocycles. The lowest BCUT2D eigenvalue weighted by molar-refractivity contribution is -0.131. The minimum atomic E-state index is 0.234. The fourth-order valence-corrected chi connectivity index (χ4v) is 3.94. The number of amides is 1. The van der Waals surface area contributed by atoms with Gasteiger partial charge in [0.1, 0.15) is 5.82 Å². The van der Waals surface area contributed by atoms with Gasteiger partial charge in [-0.1, -0.05) is 30.3 Å². The van der Waals surface area contributed by atoms with Crippen molar-refractivity contribution in [3.05, 3.63) is 66.4 Å². The summed E-state index contributed by atoms with van der Waals surface area (Å²) in [5.41, 5.74) is 1.95. The molecule has 158 valence electrons. The normalized spacial score (nSPS) is 14.3. The second-order valence-corrected chi connectivity index (χ2v) is 7.67. The van der Waals surface area contributed by atoms with E-state index >= 15 is 0 Å². The van der Waals surface area contributed by atoms with Crippen LogP contribution in [0.2, 0.25) is 0 Å². The van der Waals surface area contributed by atoms with Crippen molar-refractivity contribution in [2.75, 3.05) is 31.1 Å². The van der Waals surface area contributed by atoms with Crippen LogP contribution in [0, 0.1) is 0 Å². The van der Waals surface area contributed by atoms with E-state index < -0.39 is 0 Å². The molecule has 3 aromatic heterocycles. The number of nitrogens with zero attached hydrogens (tertiary/aromatic N) is 6. The fraction of sp³-hybridized carbons (Fsp3) is 0.304. The van der Waals surface area contributed by atoms with E-state index in [1.807, 2.05) is 47.4 Å². The van der Waals surface area contributed by atoms with Crippen LogP contribution in [0.3, 0.4) is 0 Å². The molecule has 0 atom stereocenters. The summed E-state index contributed by atoms with van der Waals surface area (Å²) >= 11 is 0. The average Bonchev–Trinajstić information content (AvgIpc) is 3.49. The third-order valence-corrected chi connectivity index (χ3v) is 5.65. The van der Waals surface area contributed by atoms with Crippen molar-refractivity contribution < 1.29 is 9.21 Å². The minimum absolute atomic E-state index is 0.234. The predicted octanol–water partition coefficient (Wildman–Crippen LogP) is 3.06. The molecule has 8 nitrogen and oxygen atoms in total. The molecule has 0 radical (unpaired) electrons.